The monoisotopic (exact) mass is 361 g/mol. The average molecular weight is 362 g/mol. The molecule has 5 rings (SSSR count). The van der Waals surface area contributed by atoms with E-state index in [1.54, 1.807) is 0 Å². The van der Waals surface area contributed by atoms with Crippen LogP contribution >= 0.6 is 11.3 Å². The van der Waals surface area contributed by atoms with Crippen LogP contribution in [0.4, 0.5) is 0 Å². The van der Waals surface area contributed by atoms with Crippen molar-refractivity contribution in [3.8, 4) is 0 Å². The molecule has 5 heteroatoms. The van der Waals surface area contributed by atoms with E-state index in [1.165, 1.54) is 35.5 Å². The fourth-order valence-corrected chi connectivity index (χ4v) is 6.78. The van der Waals surface area contributed by atoms with Crippen molar-refractivity contribution in [3.63, 3.8) is 0 Å². The first-order chi connectivity index (χ1) is 12.0. The molecule has 4 saturated carbocycles. The third-order valence-electron chi connectivity index (χ3n) is 6.32. The highest BCUT2D eigenvalue weighted by atomic mass is 32.1. The van der Waals surface area contributed by atoms with Crippen LogP contribution in [0.5, 0.6) is 0 Å². The molecule has 0 saturated heterocycles. The molecule has 1 amide bonds. The summed E-state index contributed by atoms with van der Waals surface area (Å²) in [4.78, 5) is 26.4. The van der Waals surface area contributed by atoms with Crippen LogP contribution < -0.4 is 5.32 Å². The first kappa shape index (κ1) is 17.1. The summed E-state index contributed by atoms with van der Waals surface area (Å²) in [6, 6.07) is 1.86. The molecule has 0 atom stereocenters. The first-order valence-corrected chi connectivity index (χ1v) is 10.4. The number of rotatable bonds is 5. The molecule has 4 bridgehead atoms. The Bertz CT molecular complexity index is 658. The van der Waals surface area contributed by atoms with Crippen molar-refractivity contribution in [3.05, 3.63) is 21.4 Å². The lowest BCUT2D eigenvalue weighted by Crippen LogP contribution is -2.60. The van der Waals surface area contributed by atoms with Crippen molar-refractivity contribution >= 4 is 23.2 Å². The van der Waals surface area contributed by atoms with Crippen LogP contribution in [0.2, 0.25) is 0 Å². The molecule has 0 unspecified atom stereocenters. The highest BCUT2D eigenvalue weighted by Gasteiger charge is 2.51. The Balaban J connectivity index is 1.32. The molecule has 4 nitrogen and oxygen atoms in total. The van der Waals surface area contributed by atoms with Gasteiger partial charge in [-0.05, 0) is 81.3 Å². The van der Waals surface area contributed by atoms with Crippen molar-refractivity contribution in [1.29, 1.82) is 0 Å². The fraction of sp³-hybridized carbons (Fsp3) is 0.700. The van der Waals surface area contributed by atoms with Crippen LogP contribution in [0.1, 0.15) is 65.6 Å². The van der Waals surface area contributed by atoms with E-state index in [9.17, 15) is 9.59 Å². The predicted octanol–water partition coefficient (Wildman–Crippen LogP) is 3.86. The number of aryl methyl sites for hydroxylation is 2. The number of nitrogens with one attached hydrogen (secondary N) is 1. The Morgan fingerprint density at radius 1 is 1.20 bits per heavy atom. The second kappa shape index (κ2) is 6.42. The number of hydrogen-bond acceptors (Lipinski definition) is 4. The zero-order valence-electron chi connectivity index (χ0n) is 15.1. The van der Waals surface area contributed by atoms with Crippen LogP contribution in [0.15, 0.2) is 6.07 Å². The molecule has 4 aliphatic carbocycles. The maximum Gasteiger partial charge on any atom is 0.348 e. The van der Waals surface area contributed by atoms with Gasteiger partial charge in [-0.1, -0.05) is 6.92 Å². The van der Waals surface area contributed by atoms with E-state index in [0.717, 1.165) is 49.0 Å². The number of hydrogen-bond donors (Lipinski definition) is 1. The summed E-state index contributed by atoms with van der Waals surface area (Å²) >= 11 is 1.47. The second-order valence-corrected chi connectivity index (χ2v) is 9.53. The number of thiophene rings is 1. The molecule has 1 aromatic rings. The van der Waals surface area contributed by atoms with Gasteiger partial charge in [0.25, 0.3) is 5.91 Å². The van der Waals surface area contributed by atoms with Gasteiger partial charge in [0.15, 0.2) is 6.61 Å². The van der Waals surface area contributed by atoms with Crippen molar-refractivity contribution in [2.75, 3.05) is 6.61 Å². The van der Waals surface area contributed by atoms with Crippen molar-refractivity contribution < 1.29 is 14.3 Å². The van der Waals surface area contributed by atoms with Gasteiger partial charge in [-0.3, -0.25) is 4.79 Å². The molecule has 1 N–H and O–H groups in total. The topological polar surface area (TPSA) is 55.4 Å². The van der Waals surface area contributed by atoms with Crippen molar-refractivity contribution in [2.45, 2.75) is 64.3 Å². The molecule has 25 heavy (non-hydrogen) atoms. The summed E-state index contributed by atoms with van der Waals surface area (Å²) in [5.41, 5.74) is 1.10. The van der Waals surface area contributed by atoms with E-state index in [4.69, 9.17) is 4.74 Å². The van der Waals surface area contributed by atoms with Gasteiger partial charge in [-0.15, -0.1) is 11.3 Å². The molecule has 4 fully saturated rings. The molecule has 0 aliphatic heterocycles. The van der Waals surface area contributed by atoms with E-state index >= 15 is 0 Å². The minimum atomic E-state index is -0.381. The molecule has 0 spiro atoms. The SMILES string of the molecule is CCc1sc(C(=O)OCC(=O)NC23CC4CC(CC(C4)C2)C3)cc1C. The maximum absolute atomic E-state index is 12.4. The molecule has 0 aromatic carbocycles. The van der Waals surface area contributed by atoms with E-state index in [0.29, 0.717) is 4.88 Å². The zero-order valence-corrected chi connectivity index (χ0v) is 15.9. The number of carbonyl (C=O) groups excluding carboxylic acids is 2. The summed E-state index contributed by atoms with van der Waals surface area (Å²) in [6.45, 7) is 3.91. The van der Waals surface area contributed by atoms with Gasteiger partial charge in [0.1, 0.15) is 4.88 Å². The quantitative estimate of drug-likeness (QED) is 0.810. The maximum atomic E-state index is 12.4. The lowest BCUT2D eigenvalue weighted by atomic mass is 9.53. The first-order valence-electron chi connectivity index (χ1n) is 9.54. The largest absolute Gasteiger partial charge is 0.451 e. The third-order valence-corrected chi connectivity index (χ3v) is 7.68. The number of amides is 1. The van der Waals surface area contributed by atoms with Crippen LogP contribution in [-0.2, 0) is 16.0 Å². The Labute approximate surface area is 153 Å². The van der Waals surface area contributed by atoms with E-state index in [2.05, 4.69) is 12.2 Å². The summed E-state index contributed by atoms with van der Waals surface area (Å²) in [7, 11) is 0. The highest BCUT2D eigenvalue weighted by Crippen LogP contribution is 2.55. The Morgan fingerprint density at radius 3 is 2.32 bits per heavy atom. The van der Waals surface area contributed by atoms with Crippen molar-refractivity contribution in [1.82, 2.24) is 5.32 Å². The van der Waals surface area contributed by atoms with Gasteiger partial charge in [-0.2, -0.15) is 0 Å². The van der Waals surface area contributed by atoms with E-state index < -0.39 is 0 Å². The van der Waals surface area contributed by atoms with Gasteiger partial charge in [0.05, 0.1) is 0 Å². The van der Waals surface area contributed by atoms with Crippen LogP contribution in [-0.4, -0.2) is 24.0 Å². The van der Waals surface area contributed by atoms with E-state index in [-0.39, 0.29) is 24.0 Å². The molecule has 0 radical (unpaired) electrons. The Morgan fingerprint density at radius 2 is 1.80 bits per heavy atom. The minimum Gasteiger partial charge on any atom is -0.451 e. The minimum absolute atomic E-state index is 0.0207. The number of ether oxygens (including phenoxy) is 1. The summed E-state index contributed by atoms with van der Waals surface area (Å²) in [5.74, 6) is 1.84. The van der Waals surface area contributed by atoms with E-state index in [1.807, 2.05) is 13.0 Å². The van der Waals surface area contributed by atoms with Gasteiger partial charge < -0.3 is 10.1 Å². The lowest BCUT2D eigenvalue weighted by Gasteiger charge is -2.56. The van der Waals surface area contributed by atoms with Gasteiger partial charge in [0.2, 0.25) is 0 Å². The molecule has 4 aliphatic rings. The fourth-order valence-electron chi connectivity index (χ4n) is 5.77. The van der Waals surface area contributed by atoms with Crippen LogP contribution in [0.25, 0.3) is 0 Å². The molecule has 1 aromatic heterocycles. The van der Waals surface area contributed by atoms with Gasteiger partial charge in [-0.25, -0.2) is 4.79 Å². The summed E-state index contributed by atoms with van der Waals surface area (Å²) in [5, 5.41) is 3.25. The van der Waals surface area contributed by atoms with Crippen LogP contribution in [0, 0.1) is 24.7 Å². The smallest absolute Gasteiger partial charge is 0.348 e. The van der Waals surface area contributed by atoms with Gasteiger partial charge >= 0.3 is 5.97 Å². The summed E-state index contributed by atoms with van der Waals surface area (Å²) in [6.07, 6.45) is 8.30. The molecule has 136 valence electrons. The van der Waals surface area contributed by atoms with Crippen molar-refractivity contribution in [2.24, 2.45) is 17.8 Å². The Kier molecular flexibility index (Phi) is 4.38. The predicted molar refractivity (Wildman–Crippen MR) is 97.8 cm³/mol. The second-order valence-electron chi connectivity index (χ2n) is 8.39. The number of esters is 1. The van der Waals surface area contributed by atoms with Gasteiger partial charge in [0, 0.05) is 10.4 Å². The normalized spacial score (nSPS) is 32.6. The third kappa shape index (κ3) is 3.35. The lowest BCUT2D eigenvalue weighted by molar-refractivity contribution is -0.130. The zero-order chi connectivity index (χ0) is 17.6. The number of carbonyl (C=O) groups is 2. The highest BCUT2D eigenvalue weighted by molar-refractivity contribution is 7.14. The molecule has 1 heterocycles. The van der Waals surface area contributed by atoms with Crippen LogP contribution in [0.3, 0.4) is 0 Å². The molecular formula is C20H27NO3S. The summed E-state index contributed by atoms with van der Waals surface area (Å²) < 4.78 is 5.28. The Hall–Kier alpha value is -1.36. The standard InChI is InChI=1S/C20H27NO3S/c1-3-16-12(2)4-17(25-16)19(23)24-11-18(22)21-20-8-13-5-14(9-20)7-15(6-13)10-20/h4,13-15H,3,5-11H2,1-2H3,(H,21,22). The average Bonchev–Trinajstić information content (AvgIpc) is 2.92. The molecular weight excluding hydrogens is 334 g/mol.